The smallest absolute Gasteiger partial charge is 0.303 e. The van der Waals surface area contributed by atoms with Crippen molar-refractivity contribution in [1.29, 1.82) is 0 Å². The number of aromatic nitrogens is 1. The Morgan fingerprint density at radius 2 is 2.28 bits per heavy atom. The average molecular weight is 268 g/mol. The lowest BCUT2D eigenvalue weighted by Crippen LogP contribution is -2.39. The van der Waals surface area contributed by atoms with Crippen LogP contribution in [0.3, 0.4) is 0 Å². The number of hydrogen-bond donors (Lipinski definition) is 1. The Hall–Kier alpha value is -1.10. The lowest BCUT2D eigenvalue weighted by Gasteiger charge is -2.35. The minimum atomic E-state index is -0.702. The molecule has 1 aromatic heterocycles. The summed E-state index contributed by atoms with van der Waals surface area (Å²) in [5.41, 5.74) is 1.09. The SMILES string of the molecule is Cc1nc(N2CCCCC2CCC(=O)O)sc1C. The van der Waals surface area contributed by atoms with Crippen LogP contribution in [0.2, 0.25) is 0 Å². The molecule has 5 heteroatoms. The van der Waals surface area contributed by atoms with Gasteiger partial charge in [0, 0.05) is 23.9 Å². The number of anilines is 1. The maximum Gasteiger partial charge on any atom is 0.303 e. The topological polar surface area (TPSA) is 53.4 Å². The molecule has 1 atom stereocenters. The van der Waals surface area contributed by atoms with Crippen LogP contribution >= 0.6 is 11.3 Å². The van der Waals surface area contributed by atoms with Gasteiger partial charge in [0.1, 0.15) is 0 Å². The molecule has 0 radical (unpaired) electrons. The molecule has 1 aromatic rings. The zero-order valence-corrected chi connectivity index (χ0v) is 11.8. The first-order valence-electron chi connectivity index (χ1n) is 6.50. The molecular formula is C13H20N2O2S. The minimum Gasteiger partial charge on any atom is -0.481 e. The quantitative estimate of drug-likeness (QED) is 0.912. The van der Waals surface area contributed by atoms with E-state index < -0.39 is 5.97 Å². The van der Waals surface area contributed by atoms with E-state index in [9.17, 15) is 4.79 Å². The number of piperidine rings is 1. The molecule has 18 heavy (non-hydrogen) atoms. The molecular weight excluding hydrogens is 248 g/mol. The van der Waals surface area contributed by atoms with Crippen LogP contribution in [0.5, 0.6) is 0 Å². The number of carboxylic acid groups (broad SMARTS) is 1. The van der Waals surface area contributed by atoms with Gasteiger partial charge in [0.2, 0.25) is 0 Å². The Labute approximate surface area is 112 Å². The van der Waals surface area contributed by atoms with E-state index in [1.54, 1.807) is 11.3 Å². The largest absolute Gasteiger partial charge is 0.481 e. The highest BCUT2D eigenvalue weighted by Gasteiger charge is 2.25. The fourth-order valence-corrected chi connectivity index (χ4v) is 3.43. The number of rotatable bonds is 4. The summed E-state index contributed by atoms with van der Waals surface area (Å²) in [5, 5.41) is 9.89. The van der Waals surface area contributed by atoms with E-state index in [4.69, 9.17) is 5.11 Å². The highest BCUT2D eigenvalue weighted by molar-refractivity contribution is 7.15. The predicted molar refractivity (Wildman–Crippen MR) is 73.4 cm³/mol. The number of carboxylic acids is 1. The minimum absolute atomic E-state index is 0.254. The van der Waals surface area contributed by atoms with E-state index >= 15 is 0 Å². The van der Waals surface area contributed by atoms with Crippen molar-refractivity contribution in [2.45, 2.75) is 52.0 Å². The third kappa shape index (κ3) is 3.02. The molecule has 0 amide bonds. The molecule has 1 aliphatic heterocycles. The van der Waals surface area contributed by atoms with E-state index in [-0.39, 0.29) is 6.42 Å². The van der Waals surface area contributed by atoms with Crippen molar-refractivity contribution in [2.75, 3.05) is 11.4 Å². The van der Waals surface area contributed by atoms with Crippen LogP contribution in [0, 0.1) is 13.8 Å². The van der Waals surface area contributed by atoms with Gasteiger partial charge in [0.05, 0.1) is 5.69 Å². The zero-order valence-electron chi connectivity index (χ0n) is 11.0. The summed E-state index contributed by atoms with van der Waals surface area (Å²) in [4.78, 5) is 18.9. The van der Waals surface area contributed by atoms with Crippen molar-refractivity contribution in [2.24, 2.45) is 0 Å². The summed E-state index contributed by atoms with van der Waals surface area (Å²) >= 11 is 1.73. The monoisotopic (exact) mass is 268 g/mol. The van der Waals surface area contributed by atoms with Crippen LogP contribution < -0.4 is 4.90 Å². The summed E-state index contributed by atoms with van der Waals surface area (Å²) in [6, 6.07) is 0.347. The number of hydrogen-bond acceptors (Lipinski definition) is 4. The molecule has 0 bridgehead atoms. The molecule has 1 aliphatic rings. The van der Waals surface area contributed by atoms with E-state index in [1.165, 1.54) is 17.7 Å². The summed E-state index contributed by atoms with van der Waals surface area (Å²) in [6.07, 6.45) is 4.45. The van der Waals surface area contributed by atoms with Crippen molar-refractivity contribution >= 4 is 22.4 Å². The standard InChI is InChI=1S/C13H20N2O2S/c1-9-10(2)18-13(14-9)15-8-4-3-5-11(15)6-7-12(16)17/h11H,3-8H2,1-2H3,(H,16,17). The second kappa shape index (κ2) is 5.69. The van der Waals surface area contributed by atoms with Gasteiger partial charge in [-0.2, -0.15) is 0 Å². The molecule has 100 valence electrons. The van der Waals surface area contributed by atoms with E-state index in [0.717, 1.165) is 30.2 Å². The fourth-order valence-electron chi connectivity index (χ4n) is 2.42. The van der Waals surface area contributed by atoms with Gasteiger partial charge in [-0.3, -0.25) is 4.79 Å². The van der Waals surface area contributed by atoms with Gasteiger partial charge in [-0.05, 0) is 39.5 Å². The van der Waals surface area contributed by atoms with Crippen molar-refractivity contribution in [3.8, 4) is 0 Å². The molecule has 2 heterocycles. The van der Waals surface area contributed by atoms with Crippen molar-refractivity contribution in [1.82, 2.24) is 4.98 Å². The molecule has 0 aliphatic carbocycles. The molecule has 1 unspecified atom stereocenters. The number of aryl methyl sites for hydroxylation is 2. The van der Waals surface area contributed by atoms with Gasteiger partial charge >= 0.3 is 5.97 Å². The average Bonchev–Trinajstić information content (AvgIpc) is 2.67. The Kier molecular flexibility index (Phi) is 4.22. The lowest BCUT2D eigenvalue weighted by molar-refractivity contribution is -0.137. The molecule has 0 saturated carbocycles. The number of carbonyl (C=O) groups is 1. The van der Waals surface area contributed by atoms with Gasteiger partial charge in [0.15, 0.2) is 5.13 Å². The second-order valence-electron chi connectivity index (χ2n) is 4.91. The molecule has 0 aromatic carbocycles. The van der Waals surface area contributed by atoms with Crippen LogP contribution in [-0.2, 0) is 4.79 Å². The highest BCUT2D eigenvalue weighted by atomic mass is 32.1. The summed E-state index contributed by atoms with van der Waals surface area (Å²) < 4.78 is 0. The summed E-state index contributed by atoms with van der Waals surface area (Å²) in [6.45, 7) is 5.13. The first-order valence-corrected chi connectivity index (χ1v) is 7.32. The normalized spacial score (nSPS) is 20.1. The summed E-state index contributed by atoms with van der Waals surface area (Å²) in [5.74, 6) is -0.702. The zero-order chi connectivity index (χ0) is 13.1. The van der Waals surface area contributed by atoms with Gasteiger partial charge < -0.3 is 10.0 Å². The van der Waals surface area contributed by atoms with Crippen molar-refractivity contribution < 1.29 is 9.90 Å². The van der Waals surface area contributed by atoms with Crippen molar-refractivity contribution in [3.05, 3.63) is 10.6 Å². The third-order valence-electron chi connectivity index (χ3n) is 3.58. The molecule has 4 nitrogen and oxygen atoms in total. The Morgan fingerprint density at radius 1 is 1.50 bits per heavy atom. The van der Waals surface area contributed by atoms with Crippen LogP contribution in [0.15, 0.2) is 0 Å². The first kappa shape index (κ1) is 13.3. The Morgan fingerprint density at radius 3 is 2.89 bits per heavy atom. The molecule has 1 fully saturated rings. The Bertz CT molecular complexity index is 411. The van der Waals surface area contributed by atoms with Gasteiger partial charge in [0.25, 0.3) is 0 Å². The fraction of sp³-hybridized carbons (Fsp3) is 0.692. The van der Waals surface area contributed by atoms with E-state index in [0.29, 0.717) is 6.04 Å². The van der Waals surface area contributed by atoms with Crippen molar-refractivity contribution in [3.63, 3.8) is 0 Å². The Balaban J connectivity index is 2.09. The summed E-state index contributed by atoms with van der Waals surface area (Å²) in [7, 11) is 0. The van der Waals surface area contributed by atoms with Crippen LogP contribution in [0.4, 0.5) is 5.13 Å². The van der Waals surface area contributed by atoms with E-state index in [1.807, 2.05) is 6.92 Å². The highest BCUT2D eigenvalue weighted by Crippen LogP contribution is 2.31. The molecule has 2 rings (SSSR count). The number of nitrogens with zero attached hydrogens (tertiary/aromatic N) is 2. The molecule has 1 saturated heterocycles. The van der Waals surface area contributed by atoms with Crippen LogP contribution in [0.1, 0.15) is 42.7 Å². The van der Waals surface area contributed by atoms with Gasteiger partial charge in [-0.25, -0.2) is 4.98 Å². The number of aliphatic carboxylic acids is 1. The second-order valence-corrected chi connectivity index (χ2v) is 6.10. The van der Waals surface area contributed by atoms with Gasteiger partial charge in [-0.15, -0.1) is 11.3 Å². The van der Waals surface area contributed by atoms with Crippen LogP contribution in [-0.4, -0.2) is 28.6 Å². The maximum absolute atomic E-state index is 10.7. The first-order chi connectivity index (χ1) is 8.58. The third-order valence-corrected chi connectivity index (χ3v) is 4.69. The number of thiazole rings is 1. The molecule has 0 spiro atoms. The van der Waals surface area contributed by atoms with E-state index in [2.05, 4.69) is 16.8 Å². The predicted octanol–water partition coefficient (Wildman–Crippen LogP) is 2.98. The lowest BCUT2D eigenvalue weighted by atomic mass is 9.98. The molecule has 1 N–H and O–H groups in total. The maximum atomic E-state index is 10.7. The van der Waals surface area contributed by atoms with Gasteiger partial charge in [-0.1, -0.05) is 0 Å². The van der Waals surface area contributed by atoms with Crippen LogP contribution in [0.25, 0.3) is 0 Å².